The second-order valence-corrected chi connectivity index (χ2v) is 6.38. The van der Waals surface area contributed by atoms with Crippen LogP contribution in [0.4, 0.5) is 0 Å². The first-order chi connectivity index (χ1) is 10.3. The fraction of sp³-hybridized carbons (Fsp3) is 0.611. The Labute approximate surface area is 127 Å². The molecule has 0 bridgehead atoms. The van der Waals surface area contributed by atoms with Gasteiger partial charge in [-0.1, -0.05) is 36.8 Å². The summed E-state index contributed by atoms with van der Waals surface area (Å²) in [5, 5.41) is 0. The lowest BCUT2D eigenvalue weighted by atomic mass is 9.92. The molecule has 2 fully saturated rings. The molecule has 3 atom stereocenters. The zero-order valence-electron chi connectivity index (χ0n) is 12.8. The Morgan fingerprint density at radius 1 is 1.14 bits per heavy atom. The highest BCUT2D eigenvalue weighted by atomic mass is 16.5. The standard InChI is InChI=1S/C18H25NO2/c1-19(18(20)15-9-6-12-21-13-15)17-11-5-10-16(17)14-7-3-2-4-8-14/h2-4,7-8,15-17H,5-6,9-13H2,1H3/t15-,16+,17+/m1/s1. The summed E-state index contributed by atoms with van der Waals surface area (Å²) < 4.78 is 5.48. The van der Waals surface area contributed by atoms with E-state index >= 15 is 0 Å². The highest BCUT2D eigenvalue weighted by molar-refractivity contribution is 5.79. The zero-order chi connectivity index (χ0) is 14.7. The maximum absolute atomic E-state index is 12.7. The van der Waals surface area contributed by atoms with E-state index in [4.69, 9.17) is 4.74 Å². The van der Waals surface area contributed by atoms with Gasteiger partial charge in [-0.2, -0.15) is 0 Å². The number of ether oxygens (including phenoxy) is 1. The van der Waals surface area contributed by atoms with Crippen LogP contribution in [0.3, 0.4) is 0 Å². The van der Waals surface area contributed by atoms with Crippen molar-refractivity contribution in [2.45, 2.75) is 44.1 Å². The van der Waals surface area contributed by atoms with Crippen molar-refractivity contribution in [2.75, 3.05) is 20.3 Å². The molecule has 1 aromatic rings. The van der Waals surface area contributed by atoms with Gasteiger partial charge in [-0.15, -0.1) is 0 Å². The molecule has 3 heteroatoms. The molecular formula is C18H25NO2. The highest BCUT2D eigenvalue weighted by Gasteiger charge is 2.36. The predicted octanol–water partition coefficient (Wildman–Crippen LogP) is 3.21. The number of nitrogens with zero attached hydrogens (tertiary/aromatic N) is 1. The molecule has 0 spiro atoms. The van der Waals surface area contributed by atoms with Gasteiger partial charge in [0.25, 0.3) is 0 Å². The normalized spacial score (nSPS) is 29.3. The van der Waals surface area contributed by atoms with E-state index in [1.54, 1.807) is 0 Å². The first kappa shape index (κ1) is 14.6. The van der Waals surface area contributed by atoms with E-state index in [1.165, 1.54) is 18.4 Å². The maximum atomic E-state index is 12.7. The van der Waals surface area contributed by atoms with Crippen molar-refractivity contribution in [1.82, 2.24) is 4.90 Å². The minimum absolute atomic E-state index is 0.0702. The van der Waals surface area contributed by atoms with E-state index in [2.05, 4.69) is 30.3 Å². The number of rotatable bonds is 3. The Balaban J connectivity index is 1.70. The summed E-state index contributed by atoms with van der Waals surface area (Å²) in [6.07, 6.45) is 5.51. The van der Waals surface area contributed by atoms with Gasteiger partial charge in [0.2, 0.25) is 5.91 Å². The smallest absolute Gasteiger partial charge is 0.228 e. The molecule has 3 nitrogen and oxygen atoms in total. The molecule has 1 amide bonds. The van der Waals surface area contributed by atoms with Crippen LogP contribution in [0.1, 0.15) is 43.6 Å². The molecule has 0 aromatic heterocycles. The van der Waals surface area contributed by atoms with Crippen molar-refractivity contribution in [1.29, 1.82) is 0 Å². The van der Waals surface area contributed by atoms with Gasteiger partial charge in [-0.05, 0) is 31.2 Å². The van der Waals surface area contributed by atoms with E-state index in [0.29, 0.717) is 18.6 Å². The lowest BCUT2D eigenvalue weighted by molar-refractivity contribution is -0.140. The number of hydrogen-bond acceptors (Lipinski definition) is 2. The van der Waals surface area contributed by atoms with Gasteiger partial charge in [0.1, 0.15) is 0 Å². The van der Waals surface area contributed by atoms with Gasteiger partial charge >= 0.3 is 0 Å². The van der Waals surface area contributed by atoms with Crippen LogP contribution < -0.4 is 0 Å². The van der Waals surface area contributed by atoms with E-state index in [9.17, 15) is 4.79 Å². The molecule has 2 aliphatic rings. The number of carbonyl (C=O) groups is 1. The topological polar surface area (TPSA) is 29.5 Å². The molecule has 1 heterocycles. The molecule has 3 rings (SSSR count). The van der Waals surface area contributed by atoms with E-state index < -0.39 is 0 Å². The van der Waals surface area contributed by atoms with Crippen molar-refractivity contribution in [3.63, 3.8) is 0 Å². The quantitative estimate of drug-likeness (QED) is 0.854. The van der Waals surface area contributed by atoms with Gasteiger partial charge in [0, 0.05) is 25.6 Å². The van der Waals surface area contributed by atoms with Crippen LogP contribution in [0, 0.1) is 5.92 Å². The van der Waals surface area contributed by atoms with Crippen LogP contribution in [0.25, 0.3) is 0 Å². The summed E-state index contributed by atoms with van der Waals surface area (Å²) in [4.78, 5) is 14.7. The first-order valence-electron chi connectivity index (χ1n) is 8.16. The Kier molecular flexibility index (Phi) is 4.59. The van der Waals surface area contributed by atoms with Crippen molar-refractivity contribution in [3.8, 4) is 0 Å². The Bertz CT molecular complexity index is 467. The van der Waals surface area contributed by atoms with Crippen LogP contribution in [0.2, 0.25) is 0 Å². The monoisotopic (exact) mass is 287 g/mol. The van der Waals surface area contributed by atoms with Crippen molar-refractivity contribution in [2.24, 2.45) is 5.92 Å². The highest BCUT2D eigenvalue weighted by Crippen LogP contribution is 2.38. The van der Waals surface area contributed by atoms with E-state index in [1.807, 2.05) is 11.9 Å². The summed E-state index contributed by atoms with van der Waals surface area (Å²) in [6.45, 7) is 1.41. The number of benzene rings is 1. The summed E-state index contributed by atoms with van der Waals surface area (Å²) >= 11 is 0. The van der Waals surface area contributed by atoms with Crippen LogP contribution in [-0.4, -0.2) is 37.1 Å². The third kappa shape index (κ3) is 3.13. The number of likely N-dealkylation sites (N-methyl/N-ethyl adjacent to an activating group) is 1. The minimum Gasteiger partial charge on any atom is -0.381 e. The largest absolute Gasteiger partial charge is 0.381 e. The predicted molar refractivity (Wildman–Crippen MR) is 83.1 cm³/mol. The molecule has 114 valence electrons. The molecule has 21 heavy (non-hydrogen) atoms. The Morgan fingerprint density at radius 2 is 1.95 bits per heavy atom. The molecule has 1 aromatic carbocycles. The maximum Gasteiger partial charge on any atom is 0.228 e. The summed E-state index contributed by atoms with van der Waals surface area (Å²) in [5.41, 5.74) is 1.37. The van der Waals surface area contributed by atoms with Crippen molar-refractivity contribution in [3.05, 3.63) is 35.9 Å². The van der Waals surface area contributed by atoms with Gasteiger partial charge < -0.3 is 9.64 Å². The average Bonchev–Trinajstić information content (AvgIpc) is 3.04. The molecule has 1 saturated carbocycles. The third-order valence-electron chi connectivity index (χ3n) is 5.06. The first-order valence-corrected chi connectivity index (χ1v) is 8.16. The number of carbonyl (C=O) groups excluding carboxylic acids is 1. The second kappa shape index (κ2) is 6.61. The molecular weight excluding hydrogens is 262 g/mol. The van der Waals surface area contributed by atoms with E-state index in [0.717, 1.165) is 25.9 Å². The number of hydrogen-bond donors (Lipinski definition) is 0. The lowest BCUT2D eigenvalue weighted by Crippen LogP contribution is -2.44. The average molecular weight is 287 g/mol. The summed E-state index contributed by atoms with van der Waals surface area (Å²) in [5.74, 6) is 0.841. The van der Waals surface area contributed by atoms with Crippen LogP contribution in [-0.2, 0) is 9.53 Å². The fourth-order valence-corrected chi connectivity index (χ4v) is 3.88. The molecule has 1 saturated heterocycles. The molecule has 1 aliphatic heterocycles. The third-order valence-corrected chi connectivity index (χ3v) is 5.06. The molecule has 0 unspecified atom stereocenters. The summed E-state index contributed by atoms with van der Waals surface area (Å²) in [7, 11) is 1.99. The zero-order valence-corrected chi connectivity index (χ0v) is 12.8. The van der Waals surface area contributed by atoms with Gasteiger partial charge in [-0.25, -0.2) is 0 Å². The Hall–Kier alpha value is -1.35. The molecule has 1 aliphatic carbocycles. The van der Waals surface area contributed by atoms with Gasteiger partial charge in [0.15, 0.2) is 0 Å². The van der Waals surface area contributed by atoms with Gasteiger partial charge in [-0.3, -0.25) is 4.79 Å². The number of amides is 1. The SMILES string of the molecule is CN(C(=O)[C@@H]1CCCOC1)[C@H]1CCC[C@H]1c1ccccc1. The molecule has 0 radical (unpaired) electrons. The summed E-state index contributed by atoms with van der Waals surface area (Å²) in [6, 6.07) is 11.0. The molecule has 0 N–H and O–H groups in total. The van der Waals surface area contributed by atoms with Gasteiger partial charge in [0.05, 0.1) is 12.5 Å². The van der Waals surface area contributed by atoms with Crippen LogP contribution >= 0.6 is 0 Å². The fourth-order valence-electron chi connectivity index (χ4n) is 3.88. The van der Waals surface area contributed by atoms with E-state index in [-0.39, 0.29) is 11.8 Å². The second-order valence-electron chi connectivity index (χ2n) is 6.38. The lowest BCUT2D eigenvalue weighted by Gasteiger charge is -2.34. The van der Waals surface area contributed by atoms with Crippen molar-refractivity contribution < 1.29 is 9.53 Å². The minimum atomic E-state index is 0.0702. The van der Waals surface area contributed by atoms with Crippen LogP contribution in [0.15, 0.2) is 30.3 Å². The van der Waals surface area contributed by atoms with Crippen molar-refractivity contribution >= 4 is 5.91 Å². The van der Waals surface area contributed by atoms with Crippen LogP contribution in [0.5, 0.6) is 0 Å². The Morgan fingerprint density at radius 3 is 2.67 bits per heavy atom.